The topological polar surface area (TPSA) is 3.24 Å². The minimum absolute atomic E-state index is 0.124. The quantitative estimate of drug-likeness (QED) is 0.599. The van der Waals surface area contributed by atoms with Crippen LogP contribution in [0.1, 0.15) is 23.6 Å². The van der Waals surface area contributed by atoms with Gasteiger partial charge in [-0.2, -0.15) is 0 Å². The SMILES string of the molecule is CN1c2ccccc2C(C)(c2ccccc2)c2ccccc21. The first-order chi connectivity index (χ1) is 10.7. The molecule has 0 atom stereocenters. The van der Waals surface area contributed by atoms with Gasteiger partial charge in [-0.25, -0.2) is 0 Å². The van der Waals surface area contributed by atoms with E-state index in [0.29, 0.717) is 0 Å². The highest BCUT2D eigenvalue weighted by Crippen LogP contribution is 2.51. The first-order valence-electron chi connectivity index (χ1n) is 7.71. The van der Waals surface area contributed by atoms with Crippen LogP contribution in [0.3, 0.4) is 0 Å². The van der Waals surface area contributed by atoms with E-state index in [0.717, 1.165) is 0 Å². The zero-order valence-corrected chi connectivity index (χ0v) is 13.0. The number of hydrogen-bond acceptors (Lipinski definition) is 1. The first kappa shape index (κ1) is 13.1. The van der Waals surface area contributed by atoms with Crippen LogP contribution in [0.5, 0.6) is 0 Å². The monoisotopic (exact) mass is 285 g/mol. The van der Waals surface area contributed by atoms with Gasteiger partial charge in [0.15, 0.2) is 0 Å². The molecule has 22 heavy (non-hydrogen) atoms. The summed E-state index contributed by atoms with van der Waals surface area (Å²) in [6, 6.07) is 28.3. The molecule has 3 aromatic rings. The van der Waals surface area contributed by atoms with Crippen molar-refractivity contribution in [3.8, 4) is 0 Å². The Morgan fingerprint density at radius 2 is 1.09 bits per heavy atom. The predicted octanol–water partition coefficient (Wildman–Crippen LogP) is 5.12. The van der Waals surface area contributed by atoms with Gasteiger partial charge >= 0.3 is 0 Å². The fraction of sp³-hybridized carbons (Fsp3) is 0.143. The summed E-state index contributed by atoms with van der Waals surface area (Å²) in [5, 5.41) is 0. The van der Waals surface area contributed by atoms with Gasteiger partial charge in [-0.3, -0.25) is 0 Å². The van der Waals surface area contributed by atoms with Crippen molar-refractivity contribution in [2.24, 2.45) is 0 Å². The van der Waals surface area contributed by atoms with Gasteiger partial charge in [0.05, 0.1) is 0 Å². The molecule has 3 aromatic carbocycles. The zero-order valence-electron chi connectivity index (χ0n) is 13.0. The van der Waals surface area contributed by atoms with Gasteiger partial charge in [0, 0.05) is 23.8 Å². The molecule has 108 valence electrons. The van der Waals surface area contributed by atoms with Crippen molar-refractivity contribution < 1.29 is 0 Å². The Kier molecular flexibility index (Phi) is 2.83. The molecule has 0 saturated carbocycles. The molecular formula is C21H19N. The van der Waals surface area contributed by atoms with Gasteiger partial charge in [0.2, 0.25) is 0 Å². The van der Waals surface area contributed by atoms with Crippen LogP contribution in [0.25, 0.3) is 0 Å². The highest BCUT2D eigenvalue weighted by atomic mass is 15.1. The lowest BCUT2D eigenvalue weighted by molar-refractivity contribution is 0.678. The number of anilines is 2. The third-order valence-corrected chi connectivity index (χ3v) is 4.96. The average Bonchev–Trinajstić information content (AvgIpc) is 2.60. The minimum atomic E-state index is -0.124. The maximum atomic E-state index is 2.34. The molecule has 1 heterocycles. The summed E-state index contributed by atoms with van der Waals surface area (Å²) in [7, 11) is 2.15. The summed E-state index contributed by atoms with van der Waals surface area (Å²) in [4.78, 5) is 2.30. The fourth-order valence-corrected chi connectivity index (χ4v) is 3.74. The summed E-state index contributed by atoms with van der Waals surface area (Å²) in [6.45, 7) is 2.34. The van der Waals surface area contributed by atoms with Crippen LogP contribution < -0.4 is 4.90 Å². The summed E-state index contributed by atoms with van der Waals surface area (Å²) < 4.78 is 0. The van der Waals surface area contributed by atoms with E-state index < -0.39 is 0 Å². The van der Waals surface area contributed by atoms with Crippen LogP contribution in [-0.2, 0) is 5.41 Å². The number of para-hydroxylation sites is 2. The Morgan fingerprint density at radius 3 is 1.64 bits per heavy atom. The molecule has 0 radical (unpaired) electrons. The number of nitrogens with zero attached hydrogens (tertiary/aromatic N) is 1. The third kappa shape index (κ3) is 1.66. The number of fused-ring (bicyclic) bond motifs is 2. The molecule has 0 unspecified atom stereocenters. The van der Waals surface area contributed by atoms with Crippen LogP contribution in [0.2, 0.25) is 0 Å². The molecule has 0 spiro atoms. The molecule has 0 aliphatic carbocycles. The molecular weight excluding hydrogens is 266 g/mol. The Balaban J connectivity index is 2.09. The molecule has 4 rings (SSSR count). The van der Waals surface area contributed by atoms with E-state index in [2.05, 4.69) is 97.7 Å². The Labute approximate surface area is 131 Å². The van der Waals surface area contributed by atoms with Gasteiger partial charge < -0.3 is 4.90 Å². The number of rotatable bonds is 1. The second-order valence-electron chi connectivity index (χ2n) is 6.08. The summed E-state index contributed by atoms with van der Waals surface area (Å²) in [5.74, 6) is 0. The summed E-state index contributed by atoms with van der Waals surface area (Å²) in [5.41, 5.74) is 6.51. The molecule has 0 N–H and O–H groups in total. The molecule has 1 heteroatoms. The second kappa shape index (κ2) is 4.74. The Morgan fingerprint density at radius 1 is 0.636 bits per heavy atom. The van der Waals surface area contributed by atoms with E-state index in [9.17, 15) is 0 Å². The van der Waals surface area contributed by atoms with Gasteiger partial charge in [-0.1, -0.05) is 66.7 Å². The predicted molar refractivity (Wildman–Crippen MR) is 92.9 cm³/mol. The summed E-state index contributed by atoms with van der Waals surface area (Å²) >= 11 is 0. The maximum absolute atomic E-state index is 2.34. The van der Waals surface area contributed by atoms with E-state index >= 15 is 0 Å². The highest BCUT2D eigenvalue weighted by Gasteiger charge is 2.39. The van der Waals surface area contributed by atoms with Crippen molar-refractivity contribution in [2.45, 2.75) is 12.3 Å². The molecule has 1 aliphatic rings. The molecule has 1 aliphatic heterocycles. The van der Waals surface area contributed by atoms with Crippen LogP contribution in [-0.4, -0.2) is 7.05 Å². The van der Waals surface area contributed by atoms with Gasteiger partial charge in [0.1, 0.15) is 0 Å². The Hall–Kier alpha value is -2.54. The summed E-state index contributed by atoms with van der Waals surface area (Å²) in [6.07, 6.45) is 0. The van der Waals surface area contributed by atoms with Crippen molar-refractivity contribution in [1.29, 1.82) is 0 Å². The Bertz CT molecular complexity index is 773. The maximum Gasteiger partial charge on any atom is 0.0464 e. The number of hydrogen-bond donors (Lipinski definition) is 0. The average molecular weight is 285 g/mol. The molecule has 0 saturated heterocycles. The highest BCUT2D eigenvalue weighted by molar-refractivity contribution is 5.79. The molecule has 0 bridgehead atoms. The van der Waals surface area contributed by atoms with Crippen molar-refractivity contribution in [1.82, 2.24) is 0 Å². The third-order valence-electron chi connectivity index (χ3n) is 4.96. The largest absolute Gasteiger partial charge is 0.344 e. The van der Waals surface area contributed by atoms with E-state index in [1.54, 1.807) is 0 Å². The van der Waals surface area contributed by atoms with Gasteiger partial charge in [0.25, 0.3) is 0 Å². The van der Waals surface area contributed by atoms with E-state index in [1.807, 2.05) is 0 Å². The van der Waals surface area contributed by atoms with Crippen molar-refractivity contribution in [3.05, 3.63) is 95.6 Å². The van der Waals surface area contributed by atoms with Crippen LogP contribution in [0.15, 0.2) is 78.9 Å². The first-order valence-corrected chi connectivity index (χ1v) is 7.71. The smallest absolute Gasteiger partial charge is 0.0464 e. The van der Waals surface area contributed by atoms with Crippen LogP contribution >= 0.6 is 0 Å². The second-order valence-corrected chi connectivity index (χ2v) is 6.08. The number of benzene rings is 3. The molecule has 0 amide bonds. The molecule has 0 aromatic heterocycles. The van der Waals surface area contributed by atoms with E-state index in [-0.39, 0.29) is 5.41 Å². The van der Waals surface area contributed by atoms with Crippen LogP contribution in [0, 0.1) is 0 Å². The minimum Gasteiger partial charge on any atom is -0.344 e. The van der Waals surface area contributed by atoms with E-state index in [1.165, 1.54) is 28.1 Å². The molecule has 0 fully saturated rings. The van der Waals surface area contributed by atoms with Crippen molar-refractivity contribution in [2.75, 3.05) is 11.9 Å². The van der Waals surface area contributed by atoms with Crippen LogP contribution in [0.4, 0.5) is 11.4 Å². The normalized spacial score (nSPS) is 15.1. The van der Waals surface area contributed by atoms with Gasteiger partial charge in [-0.15, -0.1) is 0 Å². The lowest BCUT2D eigenvalue weighted by atomic mass is 9.68. The van der Waals surface area contributed by atoms with Crippen molar-refractivity contribution in [3.63, 3.8) is 0 Å². The van der Waals surface area contributed by atoms with Crippen molar-refractivity contribution >= 4 is 11.4 Å². The lowest BCUT2D eigenvalue weighted by Gasteiger charge is -2.42. The zero-order chi connectivity index (χ0) is 15.2. The standard InChI is InChI=1S/C21H19N/c1-21(16-10-4-3-5-11-16)17-12-6-8-14-19(17)22(2)20-15-9-7-13-18(20)21/h3-15H,1-2H3. The fourth-order valence-electron chi connectivity index (χ4n) is 3.74. The lowest BCUT2D eigenvalue weighted by Crippen LogP contribution is -2.34. The molecule has 1 nitrogen and oxygen atoms in total. The van der Waals surface area contributed by atoms with Gasteiger partial charge in [-0.05, 0) is 35.7 Å². The van der Waals surface area contributed by atoms with E-state index in [4.69, 9.17) is 0 Å².